The van der Waals surface area contributed by atoms with Crippen molar-refractivity contribution in [1.82, 2.24) is 4.48 Å². The van der Waals surface area contributed by atoms with E-state index in [-0.39, 0.29) is 6.85 Å². The average molecular weight is 609 g/mol. The smallest absolute Gasteiger partial charge is 0.333 e. The Labute approximate surface area is 275 Å². The molecule has 0 radical (unpaired) electrons. The van der Waals surface area contributed by atoms with E-state index in [2.05, 4.69) is 161 Å². The van der Waals surface area contributed by atoms with Crippen LogP contribution in [0.25, 0.3) is 76.4 Å². The maximum absolute atomic E-state index is 6.94. The van der Waals surface area contributed by atoms with Crippen LogP contribution in [0.2, 0.25) is 0 Å². The summed E-state index contributed by atoms with van der Waals surface area (Å²) in [5, 5.41) is 9.79. The molecule has 0 spiro atoms. The van der Waals surface area contributed by atoms with Crippen LogP contribution in [-0.4, -0.2) is 11.3 Å². The zero-order valence-corrected chi connectivity index (χ0v) is 25.8. The van der Waals surface area contributed by atoms with Gasteiger partial charge in [-0.1, -0.05) is 115 Å². The number of hydrogen-bond donors (Lipinski definition) is 0. The first kappa shape index (κ1) is 24.9. The molecule has 2 aromatic heterocycles. The number of aromatic nitrogens is 1. The molecule has 8 aromatic carbocycles. The molecule has 4 heterocycles. The lowest BCUT2D eigenvalue weighted by molar-refractivity contribution is 0.669. The van der Waals surface area contributed by atoms with Crippen LogP contribution in [0.1, 0.15) is 0 Å². The number of benzene rings is 8. The molecule has 0 amide bonds. The van der Waals surface area contributed by atoms with Gasteiger partial charge in [0.2, 0.25) is 0 Å². The van der Waals surface area contributed by atoms with Crippen molar-refractivity contribution in [2.75, 3.05) is 4.90 Å². The molecule has 3 nitrogen and oxygen atoms in total. The summed E-state index contributed by atoms with van der Waals surface area (Å²) in [5.41, 5.74) is 13.0. The Kier molecular flexibility index (Phi) is 4.54. The molecule has 0 unspecified atom stereocenters. The molecule has 0 aliphatic carbocycles. The molecule has 10 aromatic rings. The van der Waals surface area contributed by atoms with Gasteiger partial charge >= 0.3 is 6.85 Å². The van der Waals surface area contributed by atoms with Gasteiger partial charge in [0.25, 0.3) is 0 Å². The normalized spacial score (nSPS) is 13.3. The summed E-state index contributed by atoms with van der Waals surface area (Å²) < 4.78 is 9.56. The van der Waals surface area contributed by atoms with Crippen LogP contribution in [0, 0.1) is 0 Å². The number of furan rings is 1. The highest BCUT2D eigenvalue weighted by molar-refractivity contribution is 6.90. The second-order valence-electron chi connectivity index (χ2n) is 13.3. The van der Waals surface area contributed by atoms with Crippen molar-refractivity contribution in [3.05, 3.63) is 152 Å². The fraction of sp³-hybridized carbons (Fsp3) is 0. The van der Waals surface area contributed by atoms with E-state index in [1.54, 1.807) is 0 Å². The van der Waals surface area contributed by atoms with Gasteiger partial charge in [-0.25, -0.2) is 0 Å². The van der Waals surface area contributed by atoms with Gasteiger partial charge < -0.3 is 13.8 Å². The van der Waals surface area contributed by atoms with Crippen molar-refractivity contribution >= 4 is 100 Å². The summed E-state index contributed by atoms with van der Waals surface area (Å²) in [4.78, 5) is 2.49. The number of hydrogen-bond acceptors (Lipinski definition) is 2. The fourth-order valence-corrected chi connectivity index (χ4v) is 8.90. The number of fused-ring (bicyclic) bond motifs is 13. The van der Waals surface area contributed by atoms with Gasteiger partial charge in [0.05, 0.1) is 5.69 Å². The highest BCUT2D eigenvalue weighted by Crippen LogP contribution is 2.50. The van der Waals surface area contributed by atoms with Crippen LogP contribution in [-0.2, 0) is 0 Å². The minimum Gasteiger partial charge on any atom is -0.454 e. The Balaban J connectivity index is 1.33. The largest absolute Gasteiger partial charge is 0.454 e. The number of anilines is 3. The summed E-state index contributed by atoms with van der Waals surface area (Å²) in [6.07, 6.45) is 0. The van der Waals surface area contributed by atoms with Gasteiger partial charge in [0, 0.05) is 49.5 Å². The highest BCUT2D eigenvalue weighted by atomic mass is 16.3. The van der Waals surface area contributed by atoms with Gasteiger partial charge in [-0.3, -0.25) is 0 Å². The predicted octanol–water partition coefficient (Wildman–Crippen LogP) is 10.4. The second-order valence-corrected chi connectivity index (χ2v) is 13.3. The van der Waals surface area contributed by atoms with E-state index in [1.165, 1.54) is 71.1 Å². The Bertz CT molecular complexity index is 3040. The molecule has 2 aliphatic heterocycles. The molecule has 0 saturated heterocycles. The van der Waals surface area contributed by atoms with Crippen LogP contribution < -0.4 is 15.8 Å². The summed E-state index contributed by atoms with van der Waals surface area (Å²) in [6.45, 7) is -0.0405. The molecule has 0 atom stereocenters. The van der Waals surface area contributed by atoms with E-state index >= 15 is 0 Å². The van der Waals surface area contributed by atoms with Crippen molar-refractivity contribution in [1.29, 1.82) is 0 Å². The van der Waals surface area contributed by atoms with Crippen LogP contribution in [0.4, 0.5) is 17.1 Å². The molecule has 0 fully saturated rings. The third-order valence-corrected chi connectivity index (χ3v) is 10.9. The Morgan fingerprint density at radius 2 is 1.21 bits per heavy atom. The second kappa shape index (κ2) is 8.75. The van der Waals surface area contributed by atoms with E-state index < -0.39 is 0 Å². The quantitative estimate of drug-likeness (QED) is 0.173. The first-order valence-electron chi connectivity index (χ1n) is 16.6. The Morgan fingerprint density at radius 3 is 2.08 bits per heavy atom. The van der Waals surface area contributed by atoms with E-state index in [4.69, 9.17) is 4.42 Å². The first-order valence-corrected chi connectivity index (χ1v) is 16.6. The zero-order valence-electron chi connectivity index (χ0n) is 25.8. The average Bonchev–Trinajstić information content (AvgIpc) is 3.69. The maximum atomic E-state index is 6.94. The molecular formula is C44H25BN2O. The van der Waals surface area contributed by atoms with Gasteiger partial charge in [-0.05, 0) is 74.4 Å². The van der Waals surface area contributed by atoms with Crippen LogP contribution in [0.15, 0.2) is 156 Å². The number of rotatable bonds is 1. The standard InChI is InChI=1S/C44H25BN2O/c1-2-11-27-22-30(21-20-26(27)10-1)46-39-24-29-13-4-3-12-28(29)23-37(39)45-41-35(25-36-32-15-6-8-19-40(32)48-44(36)43(41)46)34-17-9-16-33-31-14-5-7-18-38(31)47(45)42(33)34/h1-25H. The molecule has 0 N–H and O–H groups in total. The summed E-state index contributed by atoms with van der Waals surface area (Å²) in [6, 6.07) is 55.7. The highest BCUT2D eigenvalue weighted by Gasteiger charge is 2.44. The molecule has 0 bridgehead atoms. The van der Waals surface area contributed by atoms with Gasteiger partial charge in [-0.2, -0.15) is 0 Å². The van der Waals surface area contributed by atoms with Crippen LogP contribution in [0.5, 0.6) is 0 Å². The molecule has 0 saturated carbocycles. The topological polar surface area (TPSA) is 21.3 Å². The molecular weight excluding hydrogens is 583 g/mol. The SMILES string of the molecule is c1ccc2cc(N3c4cc5ccccc5cc4B4c5c(cc6c(oc7ccccc76)c53)-c3cccc5c6ccccc6n4c35)ccc2c1. The lowest BCUT2D eigenvalue weighted by Crippen LogP contribution is -2.56. The van der Waals surface area contributed by atoms with Gasteiger partial charge in [-0.15, -0.1) is 0 Å². The van der Waals surface area contributed by atoms with Crippen molar-refractivity contribution in [2.24, 2.45) is 0 Å². The summed E-state index contributed by atoms with van der Waals surface area (Å²) in [5.74, 6) is 0. The first-order chi connectivity index (χ1) is 23.8. The van der Waals surface area contributed by atoms with Crippen molar-refractivity contribution in [3.63, 3.8) is 0 Å². The van der Waals surface area contributed by atoms with E-state index in [0.717, 1.165) is 33.3 Å². The Morgan fingerprint density at radius 1 is 0.500 bits per heavy atom. The van der Waals surface area contributed by atoms with E-state index in [9.17, 15) is 0 Å². The van der Waals surface area contributed by atoms with Crippen molar-refractivity contribution in [3.8, 4) is 11.1 Å². The molecule has 48 heavy (non-hydrogen) atoms. The van der Waals surface area contributed by atoms with Crippen LogP contribution in [0.3, 0.4) is 0 Å². The summed E-state index contributed by atoms with van der Waals surface area (Å²) >= 11 is 0. The Hall–Kier alpha value is -6.26. The molecule has 220 valence electrons. The minimum atomic E-state index is -0.0405. The minimum absolute atomic E-state index is 0.0405. The molecule has 2 aliphatic rings. The third kappa shape index (κ3) is 3.01. The monoisotopic (exact) mass is 608 g/mol. The maximum Gasteiger partial charge on any atom is 0.333 e. The van der Waals surface area contributed by atoms with Crippen molar-refractivity contribution in [2.45, 2.75) is 0 Å². The fourth-order valence-electron chi connectivity index (χ4n) is 8.90. The molecule has 12 rings (SSSR count). The zero-order chi connectivity index (χ0) is 31.1. The van der Waals surface area contributed by atoms with Gasteiger partial charge in [0.15, 0.2) is 5.58 Å². The molecule has 4 heteroatoms. The predicted molar refractivity (Wildman–Crippen MR) is 202 cm³/mol. The number of para-hydroxylation sites is 3. The van der Waals surface area contributed by atoms with Crippen molar-refractivity contribution < 1.29 is 4.42 Å². The van der Waals surface area contributed by atoms with Crippen LogP contribution >= 0.6 is 0 Å². The number of nitrogens with zero attached hydrogens (tertiary/aromatic N) is 2. The summed E-state index contributed by atoms with van der Waals surface area (Å²) in [7, 11) is 0. The third-order valence-electron chi connectivity index (χ3n) is 10.9. The lowest BCUT2D eigenvalue weighted by Gasteiger charge is -2.40. The van der Waals surface area contributed by atoms with E-state index in [0.29, 0.717) is 0 Å². The lowest BCUT2D eigenvalue weighted by atomic mass is 9.45. The van der Waals surface area contributed by atoms with Gasteiger partial charge in [0.1, 0.15) is 5.58 Å². The van der Waals surface area contributed by atoms with E-state index in [1.807, 2.05) is 0 Å².